The van der Waals surface area contributed by atoms with Gasteiger partial charge < -0.3 is 10.4 Å². The van der Waals surface area contributed by atoms with E-state index in [-0.39, 0.29) is 5.91 Å². The molecule has 20 heavy (non-hydrogen) atoms. The molecule has 5 heteroatoms. The Morgan fingerprint density at radius 1 is 1.35 bits per heavy atom. The largest absolute Gasteiger partial charge is 0.478 e. The fraction of sp³-hybridized carbons (Fsp3) is 0.400. The van der Waals surface area contributed by atoms with Crippen LogP contribution in [0.2, 0.25) is 0 Å². The molecule has 1 amide bonds. The van der Waals surface area contributed by atoms with Crippen LogP contribution < -0.4 is 5.32 Å². The molecular weight excluding hydrogens is 256 g/mol. The van der Waals surface area contributed by atoms with Crippen LogP contribution in [0.1, 0.15) is 41.7 Å². The predicted octanol–water partition coefficient (Wildman–Crippen LogP) is 2.10. The number of carboxylic acids is 1. The number of nitrogens with zero attached hydrogens (tertiary/aromatic N) is 1. The van der Waals surface area contributed by atoms with E-state index in [1.807, 2.05) is 0 Å². The summed E-state index contributed by atoms with van der Waals surface area (Å²) in [6.45, 7) is 0.710. The molecule has 1 aliphatic rings. The summed E-state index contributed by atoms with van der Waals surface area (Å²) in [6.07, 6.45) is 8.85. The van der Waals surface area contributed by atoms with Gasteiger partial charge in [0.1, 0.15) is 5.69 Å². The zero-order valence-electron chi connectivity index (χ0n) is 11.2. The van der Waals surface area contributed by atoms with Gasteiger partial charge >= 0.3 is 5.97 Å². The molecule has 0 atom stereocenters. The van der Waals surface area contributed by atoms with E-state index in [0.29, 0.717) is 23.7 Å². The van der Waals surface area contributed by atoms with Crippen molar-refractivity contribution in [1.82, 2.24) is 10.3 Å². The minimum absolute atomic E-state index is 0.175. The van der Waals surface area contributed by atoms with Crippen molar-refractivity contribution in [1.29, 1.82) is 0 Å². The van der Waals surface area contributed by atoms with Gasteiger partial charge in [0, 0.05) is 18.8 Å². The van der Waals surface area contributed by atoms with Crippen LogP contribution in [0.5, 0.6) is 0 Å². The molecule has 1 aromatic heterocycles. The molecule has 1 heterocycles. The zero-order valence-corrected chi connectivity index (χ0v) is 11.2. The second kappa shape index (κ2) is 6.84. The first-order valence-electron chi connectivity index (χ1n) is 6.80. The molecule has 2 rings (SSSR count). The van der Waals surface area contributed by atoms with Crippen LogP contribution in [0.3, 0.4) is 0 Å². The molecule has 1 saturated carbocycles. The number of hydrogen-bond acceptors (Lipinski definition) is 3. The summed E-state index contributed by atoms with van der Waals surface area (Å²) in [7, 11) is 0. The lowest BCUT2D eigenvalue weighted by Gasteiger charge is -2.10. The Morgan fingerprint density at radius 3 is 2.70 bits per heavy atom. The van der Waals surface area contributed by atoms with Crippen LogP contribution in [0.25, 0.3) is 6.08 Å². The van der Waals surface area contributed by atoms with Crippen LogP contribution in [-0.4, -0.2) is 28.5 Å². The topological polar surface area (TPSA) is 79.3 Å². The molecule has 106 valence electrons. The normalized spacial score (nSPS) is 15.6. The van der Waals surface area contributed by atoms with Gasteiger partial charge in [0.2, 0.25) is 0 Å². The highest BCUT2D eigenvalue weighted by Gasteiger charge is 2.16. The van der Waals surface area contributed by atoms with Gasteiger partial charge in [-0.2, -0.15) is 0 Å². The Kier molecular flexibility index (Phi) is 4.87. The lowest BCUT2D eigenvalue weighted by molar-refractivity contribution is -0.131. The van der Waals surface area contributed by atoms with E-state index in [2.05, 4.69) is 10.3 Å². The number of carboxylic acid groups (broad SMARTS) is 1. The summed E-state index contributed by atoms with van der Waals surface area (Å²) in [4.78, 5) is 26.3. The standard InChI is InChI=1S/C15H18N2O3/c18-14(19)8-6-12-5-7-13(16-9-12)15(20)17-10-11-3-1-2-4-11/h5-9,11H,1-4,10H2,(H,17,20)(H,18,19). The number of pyridine rings is 1. The third-order valence-electron chi connectivity index (χ3n) is 3.46. The van der Waals surface area contributed by atoms with Crippen LogP contribution in [0.15, 0.2) is 24.4 Å². The summed E-state index contributed by atoms with van der Waals surface area (Å²) in [6, 6.07) is 3.28. The number of carbonyl (C=O) groups is 2. The zero-order chi connectivity index (χ0) is 14.4. The second-order valence-electron chi connectivity index (χ2n) is 5.01. The predicted molar refractivity (Wildman–Crippen MR) is 75.2 cm³/mol. The Morgan fingerprint density at radius 2 is 2.10 bits per heavy atom. The second-order valence-corrected chi connectivity index (χ2v) is 5.01. The highest BCUT2D eigenvalue weighted by atomic mass is 16.4. The van der Waals surface area contributed by atoms with Gasteiger partial charge in [-0.1, -0.05) is 18.9 Å². The minimum atomic E-state index is -1.01. The lowest BCUT2D eigenvalue weighted by atomic mass is 10.1. The van der Waals surface area contributed by atoms with E-state index < -0.39 is 5.97 Å². The molecular formula is C15H18N2O3. The Balaban J connectivity index is 1.88. The molecule has 0 unspecified atom stereocenters. The Hall–Kier alpha value is -2.17. The molecule has 0 spiro atoms. The fourth-order valence-electron chi connectivity index (χ4n) is 2.35. The first-order valence-corrected chi connectivity index (χ1v) is 6.80. The monoisotopic (exact) mass is 274 g/mol. The van der Waals surface area contributed by atoms with Crippen LogP contribution in [0.4, 0.5) is 0 Å². The molecule has 0 aliphatic heterocycles. The number of rotatable bonds is 5. The maximum atomic E-state index is 11.9. The average Bonchev–Trinajstić information content (AvgIpc) is 2.96. The number of carbonyl (C=O) groups excluding carboxylic acids is 1. The summed E-state index contributed by atoms with van der Waals surface area (Å²) in [5.74, 6) is -0.592. The van der Waals surface area contributed by atoms with Crippen molar-refractivity contribution < 1.29 is 14.7 Å². The van der Waals surface area contributed by atoms with E-state index in [1.165, 1.54) is 38.0 Å². The van der Waals surface area contributed by atoms with Crippen molar-refractivity contribution in [3.8, 4) is 0 Å². The van der Waals surface area contributed by atoms with Gasteiger partial charge in [0.25, 0.3) is 5.91 Å². The molecule has 5 nitrogen and oxygen atoms in total. The molecule has 2 N–H and O–H groups in total. The molecule has 0 saturated heterocycles. The molecule has 1 fully saturated rings. The first kappa shape index (κ1) is 14.2. The third-order valence-corrected chi connectivity index (χ3v) is 3.46. The van der Waals surface area contributed by atoms with Gasteiger partial charge in [0.15, 0.2) is 0 Å². The molecule has 1 aromatic rings. The Labute approximate surface area is 117 Å². The highest BCUT2D eigenvalue weighted by Crippen LogP contribution is 2.23. The molecule has 0 radical (unpaired) electrons. The summed E-state index contributed by atoms with van der Waals surface area (Å²) in [5, 5.41) is 11.4. The average molecular weight is 274 g/mol. The van der Waals surface area contributed by atoms with Crippen molar-refractivity contribution in [2.75, 3.05) is 6.54 Å². The fourth-order valence-corrected chi connectivity index (χ4v) is 2.35. The van der Waals surface area contributed by atoms with Crippen LogP contribution in [-0.2, 0) is 4.79 Å². The number of hydrogen-bond donors (Lipinski definition) is 2. The van der Waals surface area contributed by atoms with E-state index >= 15 is 0 Å². The van der Waals surface area contributed by atoms with Gasteiger partial charge in [-0.3, -0.25) is 9.78 Å². The number of amides is 1. The van der Waals surface area contributed by atoms with Crippen molar-refractivity contribution in [3.05, 3.63) is 35.7 Å². The van der Waals surface area contributed by atoms with Gasteiger partial charge in [-0.25, -0.2) is 4.79 Å². The SMILES string of the molecule is O=C(O)C=Cc1ccc(C(=O)NCC2CCCC2)nc1. The van der Waals surface area contributed by atoms with E-state index in [4.69, 9.17) is 5.11 Å². The van der Waals surface area contributed by atoms with E-state index in [9.17, 15) is 9.59 Å². The van der Waals surface area contributed by atoms with Crippen molar-refractivity contribution >= 4 is 18.0 Å². The summed E-state index contributed by atoms with van der Waals surface area (Å²) < 4.78 is 0. The van der Waals surface area contributed by atoms with Crippen molar-refractivity contribution in [2.24, 2.45) is 5.92 Å². The number of aromatic nitrogens is 1. The Bertz CT molecular complexity index is 502. The van der Waals surface area contributed by atoms with Crippen molar-refractivity contribution in [3.63, 3.8) is 0 Å². The maximum Gasteiger partial charge on any atom is 0.328 e. The first-order chi connectivity index (χ1) is 9.65. The summed E-state index contributed by atoms with van der Waals surface area (Å²) in [5.41, 5.74) is 1.01. The molecule has 0 aromatic carbocycles. The van der Waals surface area contributed by atoms with Gasteiger partial charge in [-0.05, 0) is 36.5 Å². The molecule has 0 bridgehead atoms. The van der Waals surface area contributed by atoms with Gasteiger partial charge in [0.05, 0.1) is 0 Å². The van der Waals surface area contributed by atoms with Crippen LogP contribution >= 0.6 is 0 Å². The smallest absolute Gasteiger partial charge is 0.328 e. The minimum Gasteiger partial charge on any atom is -0.478 e. The van der Waals surface area contributed by atoms with E-state index in [1.54, 1.807) is 12.1 Å². The third kappa shape index (κ3) is 4.19. The van der Waals surface area contributed by atoms with Gasteiger partial charge in [-0.15, -0.1) is 0 Å². The highest BCUT2D eigenvalue weighted by molar-refractivity contribution is 5.92. The lowest BCUT2D eigenvalue weighted by Crippen LogP contribution is -2.28. The quantitative estimate of drug-likeness (QED) is 0.806. The van der Waals surface area contributed by atoms with E-state index in [0.717, 1.165) is 6.08 Å². The van der Waals surface area contributed by atoms with Crippen molar-refractivity contribution in [2.45, 2.75) is 25.7 Å². The number of aliphatic carboxylic acids is 1. The molecule has 1 aliphatic carbocycles. The number of nitrogens with one attached hydrogen (secondary N) is 1. The summed E-state index contributed by atoms with van der Waals surface area (Å²) >= 11 is 0. The van der Waals surface area contributed by atoms with Crippen LogP contribution in [0, 0.1) is 5.92 Å². The maximum absolute atomic E-state index is 11.9.